The van der Waals surface area contributed by atoms with Gasteiger partial charge in [0.15, 0.2) is 0 Å². The van der Waals surface area contributed by atoms with Crippen molar-refractivity contribution in [3.8, 4) is 0 Å². The first kappa shape index (κ1) is 12.5. The highest BCUT2D eigenvalue weighted by atomic mass is 16.4. The van der Waals surface area contributed by atoms with E-state index in [0.29, 0.717) is 6.04 Å². The molecule has 0 amide bonds. The summed E-state index contributed by atoms with van der Waals surface area (Å²) in [5.74, 6) is -0.744. The topological polar surface area (TPSA) is 43.8 Å². The van der Waals surface area contributed by atoms with Crippen molar-refractivity contribution in [3.63, 3.8) is 0 Å². The summed E-state index contributed by atoms with van der Waals surface area (Å²) < 4.78 is 0. The van der Waals surface area contributed by atoms with Crippen molar-refractivity contribution < 1.29 is 9.90 Å². The zero-order valence-electron chi connectivity index (χ0n) is 9.78. The summed E-state index contributed by atoms with van der Waals surface area (Å²) in [6.45, 7) is 5.67. The number of hydrogen-bond donors (Lipinski definition) is 1. The second-order valence-corrected chi connectivity index (χ2v) is 4.51. The summed E-state index contributed by atoms with van der Waals surface area (Å²) >= 11 is 0. The molecule has 0 aromatic heterocycles. The number of aliphatic carboxylic acids is 1. The van der Waals surface area contributed by atoms with Crippen molar-refractivity contribution in [2.45, 2.75) is 32.2 Å². The third-order valence-electron chi connectivity index (χ3n) is 3.10. The van der Waals surface area contributed by atoms with Crippen LogP contribution in [0.2, 0.25) is 0 Å². The Morgan fingerprint density at radius 1 is 1.47 bits per heavy atom. The largest absolute Gasteiger partial charge is 0.480 e. The molecule has 0 bridgehead atoms. The van der Waals surface area contributed by atoms with Crippen LogP contribution in [-0.2, 0) is 4.79 Å². The van der Waals surface area contributed by atoms with Gasteiger partial charge in [-0.3, -0.25) is 9.69 Å². The summed E-state index contributed by atoms with van der Waals surface area (Å²) in [6, 6.07) is 0.587. The first-order valence-electron chi connectivity index (χ1n) is 5.74. The number of likely N-dealkylation sites (tertiary alicyclic amines) is 1. The predicted molar refractivity (Wildman–Crippen MR) is 60.0 cm³/mol. The molecule has 0 aliphatic carbocycles. The molecule has 1 rings (SSSR count). The fraction of sp³-hybridized carbons (Fsp3) is 0.909. The molecule has 0 aromatic rings. The zero-order valence-corrected chi connectivity index (χ0v) is 9.78. The maximum absolute atomic E-state index is 10.5. The van der Waals surface area contributed by atoms with E-state index in [2.05, 4.69) is 11.8 Å². The number of likely N-dealkylation sites (N-methyl/N-ethyl adjacent to an activating group) is 1. The Kier molecular flexibility index (Phi) is 5.05. The maximum atomic E-state index is 10.5. The van der Waals surface area contributed by atoms with Gasteiger partial charge >= 0.3 is 5.97 Å². The molecule has 4 heteroatoms. The van der Waals surface area contributed by atoms with Gasteiger partial charge in [0.25, 0.3) is 0 Å². The van der Waals surface area contributed by atoms with Crippen molar-refractivity contribution >= 4 is 5.97 Å². The van der Waals surface area contributed by atoms with Gasteiger partial charge in [-0.15, -0.1) is 0 Å². The molecule has 4 nitrogen and oxygen atoms in total. The number of nitrogens with zero attached hydrogens (tertiary/aromatic N) is 2. The van der Waals surface area contributed by atoms with E-state index >= 15 is 0 Å². The summed E-state index contributed by atoms with van der Waals surface area (Å²) in [7, 11) is 1.87. The summed E-state index contributed by atoms with van der Waals surface area (Å²) in [4.78, 5) is 14.8. The number of carbonyl (C=O) groups is 1. The average Bonchev–Trinajstić information content (AvgIpc) is 2.65. The van der Waals surface area contributed by atoms with E-state index < -0.39 is 5.97 Å². The lowest BCUT2D eigenvalue weighted by Gasteiger charge is -2.25. The highest BCUT2D eigenvalue weighted by Gasteiger charge is 2.18. The van der Waals surface area contributed by atoms with Crippen molar-refractivity contribution in [3.05, 3.63) is 0 Å². The maximum Gasteiger partial charge on any atom is 0.317 e. The lowest BCUT2D eigenvalue weighted by Crippen LogP contribution is -2.35. The van der Waals surface area contributed by atoms with E-state index in [1.807, 2.05) is 11.9 Å². The minimum absolute atomic E-state index is 0.146. The molecule has 1 aliphatic heterocycles. The van der Waals surface area contributed by atoms with E-state index in [9.17, 15) is 4.79 Å². The standard InChI is InChI=1S/C11H22N2O2/c1-10(13-6-3-4-7-13)5-8-12(2)9-11(14)15/h10H,3-9H2,1-2H3,(H,14,15). The van der Waals surface area contributed by atoms with Crippen LogP contribution in [0.5, 0.6) is 0 Å². The van der Waals surface area contributed by atoms with Gasteiger partial charge in [0, 0.05) is 6.04 Å². The van der Waals surface area contributed by atoms with Gasteiger partial charge in [0.05, 0.1) is 6.54 Å². The van der Waals surface area contributed by atoms with Gasteiger partial charge in [0.1, 0.15) is 0 Å². The van der Waals surface area contributed by atoms with E-state index in [-0.39, 0.29) is 6.54 Å². The molecule has 1 N–H and O–H groups in total. The van der Waals surface area contributed by atoms with Crippen molar-refractivity contribution in [1.29, 1.82) is 0 Å². The minimum Gasteiger partial charge on any atom is -0.480 e. The third kappa shape index (κ3) is 4.62. The zero-order chi connectivity index (χ0) is 11.3. The molecule has 0 radical (unpaired) electrons. The van der Waals surface area contributed by atoms with Crippen molar-refractivity contribution in [2.24, 2.45) is 0 Å². The van der Waals surface area contributed by atoms with Crippen LogP contribution in [0.15, 0.2) is 0 Å². The van der Waals surface area contributed by atoms with Crippen LogP contribution < -0.4 is 0 Å². The second-order valence-electron chi connectivity index (χ2n) is 4.51. The molecular weight excluding hydrogens is 192 g/mol. The molecule has 0 spiro atoms. The molecule has 88 valence electrons. The van der Waals surface area contributed by atoms with E-state index in [1.54, 1.807) is 0 Å². The lowest BCUT2D eigenvalue weighted by atomic mass is 10.2. The van der Waals surface area contributed by atoms with Gasteiger partial charge < -0.3 is 10.0 Å². The van der Waals surface area contributed by atoms with Gasteiger partial charge in [-0.05, 0) is 52.9 Å². The monoisotopic (exact) mass is 214 g/mol. The molecule has 1 heterocycles. The SMILES string of the molecule is CC(CCN(C)CC(=O)O)N1CCCC1. The van der Waals surface area contributed by atoms with Crippen LogP contribution in [0, 0.1) is 0 Å². The first-order chi connectivity index (χ1) is 7.09. The Morgan fingerprint density at radius 2 is 2.07 bits per heavy atom. The van der Waals surface area contributed by atoms with Gasteiger partial charge in [-0.2, -0.15) is 0 Å². The number of rotatable bonds is 6. The van der Waals surface area contributed by atoms with Crippen LogP contribution in [0.25, 0.3) is 0 Å². The van der Waals surface area contributed by atoms with Crippen molar-refractivity contribution in [2.75, 3.05) is 33.2 Å². The second kappa shape index (κ2) is 6.08. The molecule has 0 aromatic carbocycles. The summed E-state index contributed by atoms with van der Waals surface area (Å²) in [5.41, 5.74) is 0. The molecule has 1 atom stereocenters. The molecule has 1 fully saturated rings. The average molecular weight is 214 g/mol. The normalized spacial score (nSPS) is 19.7. The van der Waals surface area contributed by atoms with Crippen LogP contribution >= 0.6 is 0 Å². The lowest BCUT2D eigenvalue weighted by molar-refractivity contribution is -0.138. The van der Waals surface area contributed by atoms with Crippen LogP contribution in [0.3, 0.4) is 0 Å². The van der Waals surface area contributed by atoms with Gasteiger partial charge in [0.2, 0.25) is 0 Å². The molecule has 1 saturated heterocycles. The number of carboxylic acids is 1. The third-order valence-corrected chi connectivity index (χ3v) is 3.10. The summed E-state index contributed by atoms with van der Waals surface area (Å²) in [6.07, 6.45) is 3.69. The minimum atomic E-state index is -0.744. The fourth-order valence-electron chi connectivity index (χ4n) is 2.08. The first-order valence-corrected chi connectivity index (χ1v) is 5.74. The van der Waals surface area contributed by atoms with Crippen LogP contribution in [0.4, 0.5) is 0 Å². The molecule has 0 saturated carbocycles. The summed E-state index contributed by atoms with van der Waals surface area (Å²) in [5, 5.41) is 8.61. The molecular formula is C11H22N2O2. The number of hydrogen-bond acceptors (Lipinski definition) is 3. The quantitative estimate of drug-likeness (QED) is 0.713. The van der Waals surface area contributed by atoms with Crippen LogP contribution in [0.1, 0.15) is 26.2 Å². The van der Waals surface area contributed by atoms with E-state index in [4.69, 9.17) is 5.11 Å². The molecule has 1 unspecified atom stereocenters. The van der Waals surface area contributed by atoms with E-state index in [0.717, 1.165) is 13.0 Å². The Hall–Kier alpha value is -0.610. The highest BCUT2D eigenvalue weighted by molar-refractivity contribution is 5.68. The molecule has 15 heavy (non-hydrogen) atoms. The molecule has 1 aliphatic rings. The fourth-order valence-corrected chi connectivity index (χ4v) is 2.08. The van der Waals surface area contributed by atoms with Crippen LogP contribution in [-0.4, -0.2) is 60.1 Å². The van der Waals surface area contributed by atoms with Gasteiger partial charge in [-0.25, -0.2) is 0 Å². The predicted octanol–water partition coefficient (Wildman–Crippen LogP) is 0.877. The highest BCUT2D eigenvalue weighted by Crippen LogP contribution is 2.13. The number of carboxylic acid groups (broad SMARTS) is 1. The van der Waals surface area contributed by atoms with Crippen molar-refractivity contribution in [1.82, 2.24) is 9.80 Å². The van der Waals surface area contributed by atoms with Gasteiger partial charge in [-0.1, -0.05) is 0 Å². The smallest absolute Gasteiger partial charge is 0.317 e. The Bertz CT molecular complexity index is 203. The Balaban J connectivity index is 2.15. The Morgan fingerprint density at radius 3 is 2.60 bits per heavy atom. The van der Waals surface area contributed by atoms with E-state index in [1.165, 1.54) is 25.9 Å². The Labute approximate surface area is 91.9 Å².